The van der Waals surface area contributed by atoms with Gasteiger partial charge in [-0.3, -0.25) is 10.1 Å². The number of nitrogens with one attached hydrogen (secondary N) is 1. The molecule has 0 saturated heterocycles. The molecular formula is C8H10ClN3O2. The second-order valence-corrected chi connectivity index (χ2v) is 4.12. The number of allylic oxidation sites excluding steroid dienone is 4. The third-order valence-corrected chi connectivity index (χ3v) is 2.40. The number of hydrogen-bond acceptors (Lipinski definition) is 4. The largest absolute Gasteiger partial charge is 0.401 e. The minimum atomic E-state index is -1.08. The molecule has 0 fully saturated rings. The Morgan fingerprint density at radius 3 is 2.86 bits per heavy atom. The van der Waals surface area contributed by atoms with Crippen molar-refractivity contribution in [1.82, 2.24) is 0 Å². The van der Waals surface area contributed by atoms with E-state index in [1.54, 1.807) is 0 Å². The normalized spacial score (nSPS) is 27.1. The van der Waals surface area contributed by atoms with Crippen LogP contribution in [0.25, 0.3) is 0 Å². The van der Waals surface area contributed by atoms with Crippen molar-refractivity contribution in [3.05, 3.63) is 33.2 Å². The number of hydrogen-bond donors (Lipinski definition) is 2. The maximum Gasteiger partial charge on any atom is 0.267 e. The van der Waals surface area contributed by atoms with Crippen LogP contribution in [-0.4, -0.2) is 16.0 Å². The third-order valence-electron chi connectivity index (χ3n) is 2.07. The van der Waals surface area contributed by atoms with Gasteiger partial charge < -0.3 is 11.1 Å². The summed E-state index contributed by atoms with van der Waals surface area (Å²) in [5, 5.41) is 17.7. The van der Waals surface area contributed by atoms with Crippen molar-refractivity contribution < 1.29 is 4.92 Å². The van der Waals surface area contributed by atoms with E-state index in [0.29, 0.717) is 11.3 Å². The molecule has 0 amide bonds. The summed E-state index contributed by atoms with van der Waals surface area (Å²) < 4.78 is 0. The number of rotatable bonds is 2. The van der Waals surface area contributed by atoms with Crippen LogP contribution < -0.4 is 5.73 Å². The first-order valence-electron chi connectivity index (χ1n) is 3.93. The van der Waals surface area contributed by atoms with Crippen molar-refractivity contribution in [1.29, 1.82) is 5.41 Å². The SMILES string of the molecule is CC1(Cl)CC(N)=C(C=N)C=C1[N+](=O)[O-]. The summed E-state index contributed by atoms with van der Waals surface area (Å²) >= 11 is 5.95. The summed E-state index contributed by atoms with van der Waals surface area (Å²) in [4.78, 5) is 9.03. The maximum atomic E-state index is 10.7. The summed E-state index contributed by atoms with van der Waals surface area (Å²) in [5.41, 5.74) is 6.25. The fraction of sp³-hybridized carbons (Fsp3) is 0.375. The van der Waals surface area contributed by atoms with Gasteiger partial charge in [0.05, 0.1) is 4.92 Å². The Morgan fingerprint density at radius 1 is 1.86 bits per heavy atom. The van der Waals surface area contributed by atoms with E-state index in [4.69, 9.17) is 22.7 Å². The molecule has 1 rings (SSSR count). The Kier molecular flexibility index (Phi) is 2.62. The lowest BCUT2D eigenvalue weighted by atomic mass is 9.92. The molecule has 0 aliphatic heterocycles. The molecule has 0 radical (unpaired) electrons. The van der Waals surface area contributed by atoms with Crippen LogP contribution in [0.1, 0.15) is 13.3 Å². The summed E-state index contributed by atoms with van der Waals surface area (Å²) in [5.74, 6) is 0. The molecule has 3 N–H and O–H groups in total. The fourth-order valence-electron chi connectivity index (χ4n) is 1.32. The lowest BCUT2D eigenvalue weighted by Crippen LogP contribution is -2.31. The fourth-order valence-corrected chi connectivity index (χ4v) is 1.59. The van der Waals surface area contributed by atoms with Crippen LogP contribution in [0.15, 0.2) is 23.0 Å². The van der Waals surface area contributed by atoms with E-state index in [2.05, 4.69) is 0 Å². The average molecular weight is 216 g/mol. The minimum absolute atomic E-state index is 0.119. The molecule has 0 heterocycles. The Bertz CT molecular complexity index is 358. The summed E-state index contributed by atoms with van der Waals surface area (Å²) in [6.45, 7) is 1.54. The van der Waals surface area contributed by atoms with Crippen LogP contribution in [0.2, 0.25) is 0 Å². The first-order chi connectivity index (χ1) is 6.38. The highest BCUT2D eigenvalue weighted by molar-refractivity contribution is 6.25. The van der Waals surface area contributed by atoms with Crippen LogP contribution >= 0.6 is 11.6 Å². The van der Waals surface area contributed by atoms with Crippen molar-refractivity contribution in [2.75, 3.05) is 0 Å². The molecule has 76 valence electrons. The molecule has 0 bridgehead atoms. The second kappa shape index (κ2) is 3.42. The Hall–Kier alpha value is -1.36. The van der Waals surface area contributed by atoms with Gasteiger partial charge in [-0.15, -0.1) is 11.6 Å². The van der Waals surface area contributed by atoms with E-state index >= 15 is 0 Å². The second-order valence-electron chi connectivity index (χ2n) is 3.29. The zero-order valence-corrected chi connectivity index (χ0v) is 8.34. The van der Waals surface area contributed by atoms with Gasteiger partial charge in [0.25, 0.3) is 5.70 Å². The maximum absolute atomic E-state index is 10.7. The predicted molar refractivity (Wildman–Crippen MR) is 53.9 cm³/mol. The van der Waals surface area contributed by atoms with E-state index in [1.807, 2.05) is 0 Å². The zero-order valence-electron chi connectivity index (χ0n) is 7.58. The molecule has 1 aliphatic rings. The highest BCUT2D eigenvalue weighted by Crippen LogP contribution is 2.35. The minimum Gasteiger partial charge on any atom is -0.401 e. The quantitative estimate of drug-likeness (QED) is 0.316. The summed E-state index contributed by atoms with van der Waals surface area (Å²) in [6, 6.07) is 0. The molecule has 1 atom stereocenters. The molecule has 6 heteroatoms. The van der Waals surface area contributed by atoms with Crippen molar-refractivity contribution >= 4 is 17.8 Å². The smallest absolute Gasteiger partial charge is 0.267 e. The van der Waals surface area contributed by atoms with Crippen molar-refractivity contribution in [2.24, 2.45) is 5.73 Å². The highest BCUT2D eigenvalue weighted by Gasteiger charge is 2.39. The number of nitrogens with zero attached hydrogens (tertiary/aromatic N) is 1. The van der Waals surface area contributed by atoms with Crippen LogP contribution in [0.5, 0.6) is 0 Å². The van der Waals surface area contributed by atoms with Crippen molar-refractivity contribution in [3.63, 3.8) is 0 Å². The topological polar surface area (TPSA) is 93.0 Å². The number of nitrogens with two attached hydrogens (primary N) is 1. The van der Waals surface area contributed by atoms with Gasteiger partial charge in [-0.1, -0.05) is 0 Å². The van der Waals surface area contributed by atoms with Gasteiger partial charge in [-0.2, -0.15) is 0 Å². The van der Waals surface area contributed by atoms with E-state index in [-0.39, 0.29) is 12.1 Å². The Balaban J connectivity index is 3.23. The molecule has 14 heavy (non-hydrogen) atoms. The van der Waals surface area contributed by atoms with Crippen LogP contribution in [0.4, 0.5) is 0 Å². The van der Waals surface area contributed by atoms with E-state index < -0.39 is 9.80 Å². The molecule has 0 aromatic heterocycles. The number of halogens is 1. The van der Waals surface area contributed by atoms with Crippen LogP contribution in [0, 0.1) is 15.5 Å². The zero-order chi connectivity index (χ0) is 10.9. The van der Waals surface area contributed by atoms with Crippen molar-refractivity contribution in [2.45, 2.75) is 18.2 Å². The number of nitro groups is 1. The van der Waals surface area contributed by atoms with E-state index in [9.17, 15) is 10.1 Å². The first kappa shape index (κ1) is 10.7. The van der Waals surface area contributed by atoms with E-state index in [0.717, 1.165) is 6.21 Å². The van der Waals surface area contributed by atoms with Gasteiger partial charge in [0.15, 0.2) is 0 Å². The van der Waals surface area contributed by atoms with Gasteiger partial charge in [0.1, 0.15) is 4.87 Å². The van der Waals surface area contributed by atoms with E-state index in [1.165, 1.54) is 13.0 Å². The van der Waals surface area contributed by atoms with Gasteiger partial charge >= 0.3 is 0 Å². The summed E-state index contributed by atoms with van der Waals surface area (Å²) in [6.07, 6.45) is 2.43. The molecule has 0 aromatic rings. The summed E-state index contributed by atoms with van der Waals surface area (Å²) in [7, 11) is 0. The van der Waals surface area contributed by atoms with Crippen LogP contribution in [0.3, 0.4) is 0 Å². The lowest BCUT2D eigenvalue weighted by molar-refractivity contribution is -0.431. The molecule has 5 nitrogen and oxygen atoms in total. The van der Waals surface area contributed by atoms with Gasteiger partial charge in [0.2, 0.25) is 0 Å². The standard InChI is InChI=1S/C8H10ClN3O2/c1-8(9)3-6(11)5(4-10)2-7(8)12(13)14/h2,4,10H,3,11H2,1H3. The van der Waals surface area contributed by atoms with Crippen molar-refractivity contribution in [3.8, 4) is 0 Å². The average Bonchev–Trinajstić information content (AvgIpc) is 2.01. The van der Waals surface area contributed by atoms with Gasteiger partial charge in [0, 0.05) is 30.0 Å². The molecular weight excluding hydrogens is 206 g/mol. The highest BCUT2D eigenvalue weighted by atomic mass is 35.5. The predicted octanol–water partition coefficient (Wildman–Crippen LogP) is 1.41. The third kappa shape index (κ3) is 1.77. The molecule has 1 unspecified atom stereocenters. The molecule has 0 spiro atoms. The Labute approximate surface area is 85.9 Å². The number of alkyl halides is 1. The first-order valence-corrected chi connectivity index (χ1v) is 4.31. The molecule has 1 aliphatic carbocycles. The monoisotopic (exact) mass is 215 g/mol. The lowest BCUT2D eigenvalue weighted by Gasteiger charge is -2.23. The van der Waals surface area contributed by atoms with Gasteiger partial charge in [-0.25, -0.2) is 0 Å². The molecule has 0 aromatic carbocycles. The van der Waals surface area contributed by atoms with Crippen LogP contribution in [-0.2, 0) is 0 Å². The van der Waals surface area contributed by atoms with Gasteiger partial charge in [-0.05, 0) is 6.92 Å². The Morgan fingerprint density at radius 2 is 2.43 bits per heavy atom. The molecule has 0 saturated carbocycles.